The lowest BCUT2D eigenvalue weighted by Crippen LogP contribution is -2.46. The fraction of sp³-hybridized carbons (Fsp3) is 0.467. The number of hydrogen-bond donors (Lipinski definition) is 3. The molecule has 5 heteroatoms. The molecule has 20 heavy (non-hydrogen) atoms. The van der Waals surface area contributed by atoms with Crippen LogP contribution in [-0.4, -0.2) is 29.6 Å². The van der Waals surface area contributed by atoms with Crippen molar-refractivity contribution >= 4 is 11.9 Å². The smallest absolute Gasteiger partial charge is 0.326 e. The zero-order valence-electron chi connectivity index (χ0n) is 11.7. The quantitative estimate of drug-likeness (QED) is 0.665. The molecular weight excluding hydrogens is 256 g/mol. The van der Waals surface area contributed by atoms with Crippen molar-refractivity contribution < 1.29 is 14.7 Å². The number of carbonyl (C=O) groups is 2. The van der Waals surface area contributed by atoms with Gasteiger partial charge in [-0.1, -0.05) is 43.7 Å². The first-order valence-corrected chi connectivity index (χ1v) is 6.85. The van der Waals surface area contributed by atoms with Gasteiger partial charge in [-0.05, 0) is 12.0 Å². The first-order valence-electron chi connectivity index (χ1n) is 6.85. The second-order valence-electron chi connectivity index (χ2n) is 4.81. The lowest BCUT2D eigenvalue weighted by atomic mass is 10.0. The lowest BCUT2D eigenvalue weighted by molar-refractivity contribution is -0.142. The van der Waals surface area contributed by atoms with Gasteiger partial charge in [0.2, 0.25) is 5.91 Å². The summed E-state index contributed by atoms with van der Waals surface area (Å²) in [7, 11) is 0. The van der Waals surface area contributed by atoms with Crippen LogP contribution in [0.2, 0.25) is 0 Å². The van der Waals surface area contributed by atoms with Crippen molar-refractivity contribution in [1.29, 1.82) is 0 Å². The van der Waals surface area contributed by atoms with Gasteiger partial charge in [0.25, 0.3) is 0 Å². The first-order chi connectivity index (χ1) is 9.58. The second-order valence-corrected chi connectivity index (χ2v) is 4.81. The summed E-state index contributed by atoms with van der Waals surface area (Å²) in [5, 5.41) is 11.8. The van der Waals surface area contributed by atoms with Crippen LogP contribution in [0.25, 0.3) is 0 Å². The van der Waals surface area contributed by atoms with Crippen LogP contribution in [0.4, 0.5) is 0 Å². The van der Waals surface area contributed by atoms with E-state index in [4.69, 9.17) is 5.73 Å². The van der Waals surface area contributed by atoms with Crippen molar-refractivity contribution in [2.24, 2.45) is 11.7 Å². The monoisotopic (exact) mass is 278 g/mol. The molecule has 0 aliphatic heterocycles. The molecular formula is C15H22N2O3. The highest BCUT2D eigenvalue weighted by Gasteiger charge is 2.24. The first kappa shape index (κ1) is 16.2. The van der Waals surface area contributed by atoms with E-state index in [0.29, 0.717) is 6.42 Å². The Hall–Kier alpha value is -1.88. The normalized spacial score (nSPS) is 13.5. The van der Waals surface area contributed by atoms with Crippen LogP contribution in [0.15, 0.2) is 30.3 Å². The summed E-state index contributed by atoms with van der Waals surface area (Å²) in [4.78, 5) is 23.3. The van der Waals surface area contributed by atoms with Gasteiger partial charge in [-0.25, -0.2) is 4.79 Å². The summed E-state index contributed by atoms with van der Waals surface area (Å²) in [6, 6.07) is 8.31. The van der Waals surface area contributed by atoms with Crippen LogP contribution in [-0.2, 0) is 16.0 Å². The average molecular weight is 278 g/mol. The fourth-order valence-corrected chi connectivity index (χ4v) is 2.04. The molecule has 1 aromatic rings. The highest BCUT2D eigenvalue weighted by atomic mass is 16.4. The van der Waals surface area contributed by atoms with Gasteiger partial charge in [0.1, 0.15) is 6.04 Å². The molecule has 0 aliphatic carbocycles. The number of nitrogens with one attached hydrogen (secondary N) is 1. The summed E-state index contributed by atoms with van der Waals surface area (Å²) in [5.74, 6) is -1.63. The molecule has 1 amide bonds. The van der Waals surface area contributed by atoms with Crippen molar-refractivity contribution in [2.75, 3.05) is 6.54 Å². The lowest BCUT2D eigenvalue weighted by Gasteiger charge is -2.19. The van der Waals surface area contributed by atoms with Crippen molar-refractivity contribution in [1.82, 2.24) is 5.32 Å². The van der Waals surface area contributed by atoms with Crippen molar-refractivity contribution in [3.8, 4) is 0 Å². The Morgan fingerprint density at radius 1 is 1.30 bits per heavy atom. The molecule has 0 saturated carbocycles. The number of carbonyl (C=O) groups excluding carboxylic acids is 1. The third kappa shape index (κ3) is 5.01. The van der Waals surface area contributed by atoms with E-state index in [2.05, 4.69) is 5.32 Å². The zero-order chi connectivity index (χ0) is 15.0. The van der Waals surface area contributed by atoms with Gasteiger partial charge >= 0.3 is 5.97 Å². The predicted octanol–water partition coefficient (Wildman–Crippen LogP) is 1.17. The second kappa shape index (κ2) is 8.32. The summed E-state index contributed by atoms with van der Waals surface area (Å²) in [6.45, 7) is 2.20. The maximum atomic E-state index is 12.0. The van der Waals surface area contributed by atoms with Gasteiger partial charge in [0.15, 0.2) is 0 Å². The molecule has 0 bridgehead atoms. The van der Waals surface area contributed by atoms with Crippen molar-refractivity contribution in [3.63, 3.8) is 0 Å². The van der Waals surface area contributed by atoms with Gasteiger partial charge in [-0.2, -0.15) is 0 Å². The largest absolute Gasteiger partial charge is 0.480 e. The highest BCUT2D eigenvalue weighted by molar-refractivity contribution is 5.85. The van der Waals surface area contributed by atoms with E-state index in [-0.39, 0.29) is 24.8 Å². The number of rotatable bonds is 8. The molecule has 2 unspecified atom stereocenters. The van der Waals surface area contributed by atoms with Crippen molar-refractivity contribution in [2.45, 2.75) is 32.2 Å². The molecule has 0 heterocycles. The Labute approximate surface area is 119 Å². The van der Waals surface area contributed by atoms with Crippen molar-refractivity contribution in [3.05, 3.63) is 35.9 Å². The summed E-state index contributed by atoms with van der Waals surface area (Å²) < 4.78 is 0. The number of nitrogens with two attached hydrogens (primary N) is 1. The molecule has 2 atom stereocenters. The van der Waals surface area contributed by atoms with Gasteiger partial charge in [0, 0.05) is 13.0 Å². The Kier molecular flexibility index (Phi) is 6.73. The Morgan fingerprint density at radius 3 is 2.45 bits per heavy atom. The van der Waals surface area contributed by atoms with Crippen LogP contribution < -0.4 is 11.1 Å². The zero-order valence-corrected chi connectivity index (χ0v) is 11.7. The Bertz CT molecular complexity index is 434. The number of hydrogen-bond acceptors (Lipinski definition) is 3. The minimum Gasteiger partial charge on any atom is -0.480 e. The number of benzene rings is 1. The fourth-order valence-electron chi connectivity index (χ4n) is 2.04. The molecule has 0 radical (unpaired) electrons. The molecule has 1 rings (SSSR count). The SMILES string of the molecule is CCCC(CN)C(=O)NC(Cc1ccccc1)C(=O)O. The van der Waals surface area contributed by atoms with Crippen LogP contribution in [0, 0.1) is 5.92 Å². The minimum atomic E-state index is -1.03. The number of carboxylic acids is 1. The molecule has 0 saturated heterocycles. The molecule has 110 valence electrons. The molecule has 0 aliphatic rings. The standard InChI is InChI=1S/C15H22N2O3/c1-2-6-12(10-16)14(18)17-13(15(19)20)9-11-7-4-3-5-8-11/h3-5,7-8,12-13H,2,6,9-10,16H2,1H3,(H,17,18)(H,19,20). The van der Waals surface area contributed by atoms with Crippen LogP contribution in [0.5, 0.6) is 0 Å². The molecule has 0 fully saturated rings. The van der Waals surface area contributed by atoms with E-state index >= 15 is 0 Å². The predicted molar refractivity (Wildman–Crippen MR) is 77.2 cm³/mol. The topological polar surface area (TPSA) is 92.4 Å². The minimum absolute atomic E-state index is 0.233. The maximum Gasteiger partial charge on any atom is 0.326 e. The van der Waals surface area contributed by atoms with E-state index in [1.807, 2.05) is 37.3 Å². The van der Waals surface area contributed by atoms with Gasteiger partial charge < -0.3 is 16.2 Å². The van der Waals surface area contributed by atoms with Gasteiger partial charge in [-0.15, -0.1) is 0 Å². The molecule has 0 spiro atoms. The van der Waals surface area contributed by atoms with E-state index in [0.717, 1.165) is 12.0 Å². The van der Waals surface area contributed by atoms with E-state index < -0.39 is 12.0 Å². The highest BCUT2D eigenvalue weighted by Crippen LogP contribution is 2.08. The molecule has 1 aromatic carbocycles. The van der Waals surface area contributed by atoms with Crippen LogP contribution >= 0.6 is 0 Å². The van der Waals surface area contributed by atoms with E-state index in [1.165, 1.54) is 0 Å². The van der Waals surface area contributed by atoms with Crippen LogP contribution in [0.1, 0.15) is 25.3 Å². The number of aliphatic carboxylic acids is 1. The van der Waals surface area contributed by atoms with E-state index in [1.54, 1.807) is 0 Å². The third-order valence-electron chi connectivity index (χ3n) is 3.19. The average Bonchev–Trinajstić information content (AvgIpc) is 2.44. The summed E-state index contributed by atoms with van der Waals surface area (Å²) >= 11 is 0. The Balaban J connectivity index is 2.68. The van der Waals surface area contributed by atoms with Crippen LogP contribution in [0.3, 0.4) is 0 Å². The number of carboxylic acid groups (broad SMARTS) is 1. The molecule has 4 N–H and O–H groups in total. The summed E-state index contributed by atoms with van der Waals surface area (Å²) in [6.07, 6.45) is 1.77. The maximum absolute atomic E-state index is 12.0. The van der Waals surface area contributed by atoms with Gasteiger partial charge in [0.05, 0.1) is 5.92 Å². The van der Waals surface area contributed by atoms with Gasteiger partial charge in [-0.3, -0.25) is 4.79 Å². The molecule has 0 aromatic heterocycles. The summed E-state index contributed by atoms with van der Waals surface area (Å²) in [5.41, 5.74) is 6.43. The molecule has 5 nitrogen and oxygen atoms in total. The number of amides is 1. The Morgan fingerprint density at radius 2 is 1.95 bits per heavy atom. The van der Waals surface area contributed by atoms with E-state index in [9.17, 15) is 14.7 Å². The third-order valence-corrected chi connectivity index (χ3v) is 3.19.